The van der Waals surface area contributed by atoms with Gasteiger partial charge in [0.05, 0.1) is 11.8 Å². The molecule has 14 heavy (non-hydrogen) atoms. The first kappa shape index (κ1) is 10.8. The van der Waals surface area contributed by atoms with E-state index in [1.54, 1.807) is 0 Å². The summed E-state index contributed by atoms with van der Waals surface area (Å²) in [6.07, 6.45) is 2.28. The normalized spacial score (nSPS) is 10.5. The second kappa shape index (κ2) is 4.80. The van der Waals surface area contributed by atoms with Crippen molar-refractivity contribution in [1.82, 2.24) is 9.97 Å². The van der Waals surface area contributed by atoms with Crippen LogP contribution in [-0.4, -0.2) is 9.97 Å². The maximum absolute atomic E-state index is 8.46. The van der Waals surface area contributed by atoms with E-state index in [4.69, 9.17) is 5.26 Å². The quantitative estimate of drug-likeness (QED) is 0.794. The minimum atomic E-state index is 0.536. The summed E-state index contributed by atoms with van der Waals surface area (Å²) >= 11 is 0. The lowest BCUT2D eigenvalue weighted by Crippen LogP contribution is -1.96. The van der Waals surface area contributed by atoms with Gasteiger partial charge in [0.2, 0.25) is 0 Å². The highest BCUT2D eigenvalue weighted by Gasteiger charge is 2.07. The molecule has 3 heteroatoms. The van der Waals surface area contributed by atoms with E-state index in [1.807, 2.05) is 6.92 Å². The molecular formula is C11H17N3. The van der Waals surface area contributed by atoms with Crippen LogP contribution in [0.1, 0.15) is 37.5 Å². The number of aryl methyl sites for hydroxylation is 2. The first-order chi connectivity index (χ1) is 6.63. The van der Waals surface area contributed by atoms with Crippen LogP contribution in [-0.2, 0) is 12.8 Å². The Morgan fingerprint density at radius 3 is 2.79 bits per heavy atom. The molecule has 1 aromatic rings. The summed E-state index contributed by atoms with van der Waals surface area (Å²) in [7, 11) is 0. The van der Waals surface area contributed by atoms with Gasteiger partial charge in [-0.05, 0) is 19.3 Å². The van der Waals surface area contributed by atoms with Gasteiger partial charge in [0.1, 0.15) is 5.82 Å². The molecule has 0 unspecified atom stereocenters. The van der Waals surface area contributed by atoms with Crippen molar-refractivity contribution < 1.29 is 0 Å². The standard InChI is InChI=1S/C11H17N3/c1-8(2)7-10-9(3)13-11(14-10)5-4-6-12/h8H,4-5,7H2,1-3H3,(H,13,14). The van der Waals surface area contributed by atoms with E-state index < -0.39 is 0 Å². The number of aromatic nitrogens is 2. The number of nitrogens with one attached hydrogen (secondary N) is 1. The van der Waals surface area contributed by atoms with Gasteiger partial charge < -0.3 is 4.98 Å². The molecule has 0 saturated carbocycles. The zero-order chi connectivity index (χ0) is 10.6. The molecule has 1 heterocycles. The smallest absolute Gasteiger partial charge is 0.107 e. The summed E-state index contributed by atoms with van der Waals surface area (Å²) in [5.41, 5.74) is 2.29. The molecule has 1 N–H and O–H groups in total. The molecule has 0 spiro atoms. The molecule has 0 atom stereocenters. The Kier molecular flexibility index (Phi) is 3.70. The molecular weight excluding hydrogens is 174 g/mol. The van der Waals surface area contributed by atoms with Crippen LogP contribution >= 0.6 is 0 Å². The Bertz CT molecular complexity index is 331. The van der Waals surface area contributed by atoms with Crippen LogP contribution in [0.4, 0.5) is 0 Å². The third kappa shape index (κ3) is 2.88. The number of hydrogen-bond acceptors (Lipinski definition) is 2. The van der Waals surface area contributed by atoms with Crippen molar-refractivity contribution in [3.8, 4) is 6.07 Å². The SMILES string of the molecule is Cc1[nH]c(CCC#N)nc1CC(C)C. The average molecular weight is 191 g/mol. The van der Waals surface area contributed by atoms with E-state index in [1.165, 1.54) is 0 Å². The zero-order valence-corrected chi connectivity index (χ0v) is 9.09. The van der Waals surface area contributed by atoms with Crippen molar-refractivity contribution >= 4 is 0 Å². The fourth-order valence-electron chi connectivity index (χ4n) is 1.44. The number of nitriles is 1. The fourth-order valence-corrected chi connectivity index (χ4v) is 1.44. The first-order valence-electron chi connectivity index (χ1n) is 5.04. The van der Waals surface area contributed by atoms with Gasteiger partial charge in [-0.1, -0.05) is 13.8 Å². The van der Waals surface area contributed by atoms with Gasteiger partial charge >= 0.3 is 0 Å². The monoisotopic (exact) mass is 191 g/mol. The van der Waals surface area contributed by atoms with Crippen LogP contribution in [0.25, 0.3) is 0 Å². The van der Waals surface area contributed by atoms with Crippen LogP contribution in [0, 0.1) is 24.2 Å². The van der Waals surface area contributed by atoms with E-state index in [-0.39, 0.29) is 0 Å². The highest BCUT2D eigenvalue weighted by molar-refractivity contribution is 5.14. The zero-order valence-electron chi connectivity index (χ0n) is 9.09. The lowest BCUT2D eigenvalue weighted by Gasteiger charge is -2.00. The number of rotatable bonds is 4. The van der Waals surface area contributed by atoms with Crippen LogP contribution < -0.4 is 0 Å². The van der Waals surface area contributed by atoms with E-state index in [0.29, 0.717) is 12.3 Å². The molecule has 0 aromatic carbocycles. The number of imidazole rings is 1. The van der Waals surface area contributed by atoms with Crippen LogP contribution in [0.3, 0.4) is 0 Å². The van der Waals surface area contributed by atoms with E-state index >= 15 is 0 Å². The van der Waals surface area contributed by atoms with E-state index in [2.05, 4.69) is 29.9 Å². The lowest BCUT2D eigenvalue weighted by atomic mass is 10.1. The molecule has 3 nitrogen and oxygen atoms in total. The van der Waals surface area contributed by atoms with Crippen molar-refractivity contribution in [2.75, 3.05) is 0 Å². The molecule has 0 aliphatic rings. The predicted octanol–water partition coefficient (Wildman–Crippen LogP) is 2.37. The fraction of sp³-hybridized carbons (Fsp3) is 0.636. The average Bonchev–Trinajstić information content (AvgIpc) is 2.43. The maximum Gasteiger partial charge on any atom is 0.107 e. The van der Waals surface area contributed by atoms with Crippen LogP contribution in [0.15, 0.2) is 0 Å². The Morgan fingerprint density at radius 1 is 1.50 bits per heavy atom. The van der Waals surface area contributed by atoms with Gasteiger partial charge in [-0.2, -0.15) is 5.26 Å². The van der Waals surface area contributed by atoms with E-state index in [0.717, 1.165) is 30.1 Å². The van der Waals surface area contributed by atoms with Crippen molar-refractivity contribution in [3.63, 3.8) is 0 Å². The van der Waals surface area contributed by atoms with Crippen molar-refractivity contribution in [2.24, 2.45) is 5.92 Å². The van der Waals surface area contributed by atoms with Crippen molar-refractivity contribution in [1.29, 1.82) is 5.26 Å². The summed E-state index contributed by atoms with van der Waals surface area (Å²) in [6.45, 7) is 6.41. The lowest BCUT2D eigenvalue weighted by molar-refractivity contribution is 0.634. The third-order valence-corrected chi connectivity index (χ3v) is 2.11. The summed E-state index contributed by atoms with van der Waals surface area (Å²) < 4.78 is 0. The number of H-pyrrole nitrogens is 1. The predicted molar refractivity (Wildman–Crippen MR) is 55.8 cm³/mol. The van der Waals surface area contributed by atoms with Gasteiger partial charge in [0, 0.05) is 18.5 Å². The van der Waals surface area contributed by atoms with E-state index in [9.17, 15) is 0 Å². The Morgan fingerprint density at radius 2 is 2.21 bits per heavy atom. The molecule has 0 fully saturated rings. The maximum atomic E-state index is 8.46. The number of aromatic amines is 1. The summed E-state index contributed by atoms with van der Waals surface area (Å²) in [5.74, 6) is 1.57. The third-order valence-electron chi connectivity index (χ3n) is 2.11. The minimum Gasteiger partial charge on any atom is -0.346 e. The van der Waals surface area contributed by atoms with Gasteiger partial charge in [0.25, 0.3) is 0 Å². The summed E-state index contributed by atoms with van der Waals surface area (Å²) in [4.78, 5) is 7.70. The van der Waals surface area contributed by atoms with Crippen LogP contribution in [0.2, 0.25) is 0 Å². The Hall–Kier alpha value is -1.30. The Balaban J connectivity index is 2.68. The van der Waals surface area contributed by atoms with Gasteiger partial charge in [-0.25, -0.2) is 4.98 Å². The highest BCUT2D eigenvalue weighted by atomic mass is 14.9. The van der Waals surface area contributed by atoms with Crippen molar-refractivity contribution in [2.45, 2.75) is 40.0 Å². The second-order valence-electron chi connectivity index (χ2n) is 4.01. The molecule has 0 amide bonds. The topological polar surface area (TPSA) is 52.5 Å². The molecule has 0 saturated heterocycles. The first-order valence-corrected chi connectivity index (χ1v) is 5.04. The van der Waals surface area contributed by atoms with Crippen LogP contribution in [0.5, 0.6) is 0 Å². The van der Waals surface area contributed by atoms with Gasteiger partial charge in [-0.15, -0.1) is 0 Å². The molecule has 1 aromatic heterocycles. The largest absolute Gasteiger partial charge is 0.346 e. The summed E-state index contributed by atoms with van der Waals surface area (Å²) in [6, 6.07) is 2.13. The number of nitrogens with zero attached hydrogens (tertiary/aromatic N) is 2. The number of hydrogen-bond donors (Lipinski definition) is 1. The Labute approximate surface area is 85.2 Å². The van der Waals surface area contributed by atoms with Gasteiger partial charge in [0.15, 0.2) is 0 Å². The molecule has 76 valence electrons. The van der Waals surface area contributed by atoms with Crippen molar-refractivity contribution in [3.05, 3.63) is 17.2 Å². The molecule has 0 bridgehead atoms. The highest BCUT2D eigenvalue weighted by Crippen LogP contribution is 2.11. The molecule has 1 rings (SSSR count). The second-order valence-corrected chi connectivity index (χ2v) is 4.01. The molecule has 0 aliphatic carbocycles. The van der Waals surface area contributed by atoms with Gasteiger partial charge in [-0.3, -0.25) is 0 Å². The molecule has 0 radical (unpaired) electrons. The summed E-state index contributed by atoms with van der Waals surface area (Å²) in [5, 5.41) is 8.46. The molecule has 0 aliphatic heterocycles. The minimum absolute atomic E-state index is 0.536.